The Morgan fingerprint density at radius 3 is 2.93 bits per heavy atom. The topological polar surface area (TPSA) is 64.8 Å². The van der Waals surface area contributed by atoms with Gasteiger partial charge in [0.2, 0.25) is 0 Å². The second-order valence-corrected chi connectivity index (χ2v) is 7.42. The number of hydrogen-bond donors (Lipinski definition) is 0. The number of rotatable bonds is 6. The van der Waals surface area contributed by atoms with Crippen LogP contribution < -0.4 is 9.47 Å². The summed E-state index contributed by atoms with van der Waals surface area (Å²) in [5.74, 6) is 2.74. The standard InChI is InChI=1S/C21H26N2O4/c1-4-19-20(13(2)22-27-19)21(24)23-15-9-8-14(10-15)18(23)12-26-17-7-5-6-16(11-17)25-3/h5-7,11,14-15,18H,4,8-10,12H2,1-3H3/t14-,15+,18-/m1/s1. The number of amides is 1. The SMILES string of the molecule is CCc1onc(C)c1C(=O)N1[C@H]2CC[C@H](C2)[C@H]1COc1cccc(OC)c1. The molecule has 2 fully saturated rings. The lowest BCUT2D eigenvalue weighted by Gasteiger charge is -2.35. The summed E-state index contributed by atoms with van der Waals surface area (Å²) < 4.78 is 16.7. The fourth-order valence-electron chi connectivity index (χ4n) is 4.56. The van der Waals surface area contributed by atoms with Crippen LogP contribution in [0.15, 0.2) is 28.8 Å². The van der Waals surface area contributed by atoms with Gasteiger partial charge in [-0.05, 0) is 44.2 Å². The van der Waals surface area contributed by atoms with E-state index in [1.807, 2.05) is 43.0 Å². The van der Waals surface area contributed by atoms with Crippen molar-refractivity contribution in [1.82, 2.24) is 10.1 Å². The lowest BCUT2D eigenvalue weighted by molar-refractivity contribution is 0.0503. The van der Waals surface area contributed by atoms with Gasteiger partial charge in [0.25, 0.3) is 5.91 Å². The molecule has 0 unspecified atom stereocenters. The van der Waals surface area contributed by atoms with Crippen molar-refractivity contribution in [3.8, 4) is 11.5 Å². The largest absolute Gasteiger partial charge is 0.497 e. The molecule has 0 N–H and O–H groups in total. The Morgan fingerprint density at radius 1 is 1.33 bits per heavy atom. The molecule has 1 aromatic heterocycles. The maximum atomic E-state index is 13.4. The van der Waals surface area contributed by atoms with Gasteiger partial charge < -0.3 is 18.9 Å². The molecule has 1 saturated heterocycles. The van der Waals surface area contributed by atoms with Crippen molar-refractivity contribution in [2.75, 3.05) is 13.7 Å². The number of methoxy groups -OCH3 is 1. The predicted molar refractivity (Wildman–Crippen MR) is 100 cm³/mol. The summed E-state index contributed by atoms with van der Waals surface area (Å²) in [6.45, 7) is 4.31. The summed E-state index contributed by atoms with van der Waals surface area (Å²) in [7, 11) is 1.64. The second kappa shape index (κ2) is 7.25. The van der Waals surface area contributed by atoms with Crippen molar-refractivity contribution in [1.29, 1.82) is 0 Å². The average molecular weight is 370 g/mol. The van der Waals surface area contributed by atoms with Gasteiger partial charge in [0.1, 0.15) is 29.4 Å². The Kier molecular flexibility index (Phi) is 4.81. The van der Waals surface area contributed by atoms with E-state index in [4.69, 9.17) is 14.0 Å². The number of ether oxygens (including phenoxy) is 2. The highest BCUT2D eigenvalue weighted by atomic mass is 16.5. The van der Waals surface area contributed by atoms with E-state index in [1.165, 1.54) is 0 Å². The summed E-state index contributed by atoms with van der Waals surface area (Å²) in [6.07, 6.45) is 3.94. The molecule has 27 heavy (non-hydrogen) atoms. The third kappa shape index (κ3) is 3.17. The van der Waals surface area contributed by atoms with Gasteiger partial charge in [0, 0.05) is 18.5 Å². The van der Waals surface area contributed by atoms with Gasteiger partial charge in [-0.2, -0.15) is 0 Å². The van der Waals surface area contributed by atoms with Crippen molar-refractivity contribution < 1.29 is 18.8 Å². The molecule has 1 aromatic carbocycles. The van der Waals surface area contributed by atoms with Gasteiger partial charge in [-0.25, -0.2) is 0 Å². The zero-order chi connectivity index (χ0) is 19.0. The van der Waals surface area contributed by atoms with Crippen LogP contribution in [0.2, 0.25) is 0 Å². The van der Waals surface area contributed by atoms with Gasteiger partial charge >= 0.3 is 0 Å². The van der Waals surface area contributed by atoms with Gasteiger partial charge in [-0.1, -0.05) is 18.1 Å². The maximum Gasteiger partial charge on any atom is 0.260 e. The third-order valence-electron chi connectivity index (χ3n) is 5.91. The number of carbonyl (C=O) groups excluding carboxylic acids is 1. The van der Waals surface area contributed by atoms with Crippen molar-refractivity contribution in [2.45, 2.75) is 51.6 Å². The Balaban J connectivity index is 1.54. The fourth-order valence-corrected chi connectivity index (χ4v) is 4.56. The first kappa shape index (κ1) is 17.9. The van der Waals surface area contributed by atoms with Crippen LogP contribution in [0.5, 0.6) is 11.5 Å². The zero-order valence-corrected chi connectivity index (χ0v) is 16.1. The minimum absolute atomic E-state index is 0.0389. The maximum absolute atomic E-state index is 13.4. The van der Waals surface area contributed by atoms with E-state index >= 15 is 0 Å². The number of carbonyl (C=O) groups is 1. The molecule has 6 nitrogen and oxygen atoms in total. The van der Waals surface area contributed by atoms with E-state index in [-0.39, 0.29) is 11.9 Å². The number of benzene rings is 1. The summed E-state index contributed by atoms with van der Waals surface area (Å²) in [4.78, 5) is 15.4. The first-order valence-corrected chi connectivity index (χ1v) is 9.67. The molecule has 2 bridgehead atoms. The number of hydrogen-bond acceptors (Lipinski definition) is 5. The molecule has 3 atom stereocenters. The molecule has 2 heterocycles. The summed E-state index contributed by atoms with van der Waals surface area (Å²) in [5.41, 5.74) is 1.31. The number of aryl methyl sites for hydroxylation is 2. The van der Waals surface area contributed by atoms with Crippen LogP contribution in [0.1, 0.15) is 48.0 Å². The van der Waals surface area contributed by atoms with Crippen LogP contribution in [0.4, 0.5) is 0 Å². The van der Waals surface area contributed by atoms with Crippen LogP contribution in [-0.4, -0.2) is 41.8 Å². The highest BCUT2D eigenvalue weighted by Gasteiger charge is 2.49. The molecule has 2 aromatic rings. The number of likely N-dealkylation sites (tertiary alicyclic amines) is 1. The summed E-state index contributed by atoms with van der Waals surface area (Å²) in [6, 6.07) is 7.97. The van der Waals surface area contributed by atoms with Gasteiger partial charge in [0.15, 0.2) is 0 Å². The second-order valence-electron chi connectivity index (χ2n) is 7.42. The van der Waals surface area contributed by atoms with Gasteiger partial charge in [-0.15, -0.1) is 0 Å². The monoisotopic (exact) mass is 370 g/mol. The van der Waals surface area contributed by atoms with Crippen LogP contribution in [0.3, 0.4) is 0 Å². The minimum atomic E-state index is 0.0389. The van der Waals surface area contributed by atoms with E-state index < -0.39 is 0 Å². The zero-order valence-electron chi connectivity index (χ0n) is 16.1. The smallest absolute Gasteiger partial charge is 0.260 e. The normalized spacial score (nSPS) is 23.7. The highest BCUT2D eigenvalue weighted by molar-refractivity contribution is 5.97. The van der Waals surface area contributed by atoms with Gasteiger partial charge in [-0.3, -0.25) is 4.79 Å². The Hall–Kier alpha value is -2.50. The summed E-state index contributed by atoms with van der Waals surface area (Å²) >= 11 is 0. The van der Waals surface area contributed by atoms with Crippen molar-refractivity contribution in [3.63, 3.8) is 0 Å². The lowest BCUT2D eigenvalue weighted by atomic mass is 9.98. The molecule has 1 amide bonds. The number of nitrogens with zero attached hydrogens (tertiary/aromatic N) is 2. The van der Waals surface area contributed by atoms with E-state index in [0.717, 1.165) is 30.8 Å². The molecule has 0 radical (unpaired) electrons. The molecular weight excluding hydrogens is 344 g/mol. The molecule has 6 heteroatoms. The van der Waals surface area contributed by atoms with E-state index in [0.29, 0.717) is 42.0 Å². The highest BCUT2D eigenvalue weighted by Crippen LogP contribution is 2.43. The molecular formula is C21H26N2O4. The Bertz CT molecular complexity index is 831. The van der Waals surface area contributed by atoms with E-state index in [9.17, 15) is 4.79 Å². The Morgan fingerprint density at radius 2 is 2.15 bits per heavy atom. The van der Waals surface area contributed by atoms with E-state index in [2.05, 4.69) is 5.16 Å². The van der Waals surface area contributed by atoms with Crippen molar-refractivity contribution in [2.24, 2.45) is 5.92 Å². The number of piperidine rings is 1. The molecule has 0 spiro atoms. The molecule has 1 aliphatic carbocycles. The van der Waals surface area contributed by atoms with Crippen molar-refractivity contribution >= 4 is 5.91 Å². The average Bonchev–Trinajstić information content (AvgIpc) is 3.40. The van der Waals surface area contributed by atoms with Crippen LogP contribution in [0.25, 0.3) is 0 Å². The fraction of sp³-hybridized carbons (Fsp3) is 0.524. The molecule has 4 rings (SSSR count). The first-order valence-electron chi connectivity index (χ1n) is 9.67. The summed E-state index contributed by atoms with van der Waals surface area (Å²) in [5, 5.41) is 4.01. The first-order chi connectivity index (χ1) is 13.1. The molecule has 2 aliphatic rings. The number of fused-ring (bicyclic) bond motifs is 2. The molecule has 1 aliphatic heterocycles. The molecule has 1 saturated carbocycles. The van der Waals surface area contributed by atoms with E-state index in [1.54, 1.807) is 7.11 Å². The minimum Gasteiger partial charge on any atom is -0.497 e. The lowest BCUT2D eigenvalue weighted by Crippen LogP contribution is -2.48. The van der Waals surface area contributed by atoms with Gasteiger partial charge in [0.05, 0.1) is 18.8 Å². The molecule has 144 valence electrons. The third-order valence-corrected chi connectivity index (χ3v) is 5.91. The number of aromatic nitrogens is 1. The van der Waals surface area contributed by atoms with Crippen LogP contribution >= 0.6 is 0 Å². The quantitative estimate of drug-likeness (QED) is 0.777. The van der Waals surface area contributed by atoms with Crippen molar-refractivity contribution in [3.05, 3.63) is 41.3 Å². The van der Waals surface area contributed by atoms with Crippen LogP contribution in [-0.2, 0) is 6.42 Å². The van der Waals surface area contributed by atoms with Crippen LogP contribution in [0, 0.1) is 12.8 Å². The predicted octanol–water partition coefficient (Wildman–Crippen LogP) is 3.63. The Labute approximate surface area is 159 Å².